The van der Waals surface area contributed by atoms with Gasteiger partial charge in [-0.3, -0.25) is 9.48 Å². The van der Waals surface area contributed by atoms with Gasteiger partial charge in [0.05, 0.1) is 4.70 Å². The first-order valence-corrected chi connectivity index (χ1v) is 9.02. The third-order valence-electron chi connectivity index (χ3n) is 4.33. The summed E-state index contributed by atoms with van der Waals surface area (Å²) in [6, 6.07) is 6.74. The quantitative estimate of drug-likeness (QED) is 0.781. The highest BCUT2D eigenvalue weighted by Crippen LogP contribution is 2.31. The predicted molar refractivity (Wildman–Crippen MR) is 95.5 cm³/mol. The summed E-state index contributed by atoms with van der Waals surface area (Å²) in [7, 11) is 1.78. The number of aromatic nitrogens is 3. The van der Waals surface area contributed by atoms with Gasteiger partial charge in [0, 0.05) is 32.4 Å². The second-order valence-electron chi connectivity index (χ2n) is 6.22. The number of nitrogens with zero attached hydrogens (tertiary/aromatic N) is 4. The van der Waals surface area contributed by atoms with Crippen molar-refractivity contribution < 1.29 is 9.18 Å². The minimum absolute atomic E-state index is 0.0279. The first-order chi connectivity index (χ1) is 12.1. The molecule has 3 heterocycles. The van der Waals surface area contributed by atoms with Crippen molar-refractivity contribution in [2.24, 2.45) is 7.05 Å². The number of hydrogen-bond donors (Lipinski definition) is 1. The molecule has 2 aromatic heterocycles. The summed E-state index contributed by atoms with van der Waals surface area (Å²) < 4.78 is 16.3. The molecule has 4 rings (SSSR count). The van der Waals surface area contributed by atoms with Crippen LogP contribution in [0.2, 0.25) is 0 Å². The van der Waals surface area contributed by atoms with Crippen molar-refractivity contribution >= 4 is 32.6 Å². The van der Waals surface area contributed by atoms with Crippen LogP contribution in [0.4, 0.5) is 9.52 Å². The summed E-state index contributed by atoms with van der Waals surface area (Å²) in [6.07, 6.45) is 3.61. The van der Waals surface area contributed by atoms with Crippen LogP contribution in [0.25, 0.3) is 10.2 Å². The Morgan fingerprint density at radius 3 is 3.04 bits per heavy atom. The lowest BCUT2D eigenvalue weighted by atomic mass is 10.1. The van der Waals surface area contributed by atoms with Crippen LogP contribution in [0.1, 0.15) is 23.3 Å². The second kappa shape index (κ2) is 6.44. The largest absolute Gasteiger partial charge is 0.346 e. The molecule has 6 nitrogen and oxygen atoms in total. The molecule has 130 valence electrons. The first-order valence-electron chi connectivity index (χ1n) is 8.20. The number of nitrogens with one attached hydrogen (secondary N) is 1. The number of anilines is 1. The highest BCUT2D eigenvalue weighted by molar-refractivity contribution is 7.22. The zero-order valence-electron chi connectivity index (χ0n) is 13.8. The summed E-state index contributed by atoms with van der Waals surface area (Å²) in [5.74, 6) is -0.459. The molecule has 1 saturated heterocycles. The number of carbonyl (C=O) groups is 1. The van der Waals surface area contributed by atoms with Gasteiger partial charge in [-0.15, -0.1) is 0 Å². The highest BCUT2D eigenvalue weighted by atomic mass is 32.1. The van der Waals surface area contributed by atoms with Gasteiger partial charge in [-0.2, -0.15) is 5.10 Å². The van der Waals surface area contributed by atoms with Crippen molar-refractivity contribution in [3.63, 3.8) is 0 Å². The molecular formula is C17H18FN5OS. The van der Waals surface area contributed by atoms with Gasteiger partial charge >= 0.3 is 0 Å². The van der Waals surface area contributed by atoms with E-state index in [-0.39, 0.29) is 17.8 Å². The zero-order valence-corrected chi connectivity index (χ0v) is 14.6. The Labute approximate surface area is 148 Å². The Hall–Kier alpha value is -2.48. The summed E-state index contributed by atoms with van der Waals surface area (Å²) in [4.78, 5) is 18.9. The molecule has 1 aliphatic rings. The molecule has 1 unspecified atom stereocenters. The minimum atomic E-state index is -0.294. The summed E-state index contributed by atoms with van der Waals surface area (Å²) >= 11 is 1.49. The fourth-order valence-electron chi connectivity index (χ4n) is 3.10. The van der Waals surface area contributed by atoms with E-state index in [9.17, 15) is 9.18 Å². The molecule has 1 aliphatic heterocycles. The summed E-state index contributed by atoms with van der Waals surface area (Å²) in [5, 5.41) is 7.97. The normalized spacial score (nSPS) is 17.8. The number of carbonyl (C=O) groups excluding carboxylic acids is 1. The molecule has 0 spiro atoms. The van der Waals surface area contributed by atoms with Crippen molar-refractivity contribution in [3.8, 4) is 0 Å². The number of para-hydroxylation sites is 1. The number of benzene rings is 1. The number of piperidine rings is 1. The third-order valence-corrected chi connectivity index (χ3v) is 5.41. The fraction of sp³-hybridized carbons (Fsp3) is 0.353. The van der Waals surface area contributed by atoms with Gasteiger partial charge in [-0.05, 0) is 31.0 Å². The minimum Gasteiger partial charge on any atom is -0.346 e. The molecule has 3 aromatic rings. The van der Waals surface area contributed by atoms with Gasteiger partial charge in [-0.1, -0.05) is 17.4 Å². The monoisotopic (exact) mass is 359 g/mol. The number of thiazole rings is 1. The molecule has 0 aliphatic carbocycles. The van der Waals surface area contributed by atoms with Crippen LogP contribution >= 0.6 is 11.3 Å². The number of amides is 1. The smallest absolute Gasteiger partial charge is 0.272 e. The number of fused-ring (bicyclic) bond motifs is 1. The van der Waals surface area contributed by atoms with Gasteiger partial charge in [0.1, 0.15) is 17.0 Å². The third kappa shape index (κ3) is 3.21. The Morgan fingerprint density at radius 1 is 1.40 bits per heavy atom. The lowest BCUT2D eigenvalue weighted by Gasteiger charge is -2.32. The molecule has 8 heteroatoms. The predicted octanol–water partition coefficient (Wildman–Crippen LogP) is 2.57. The molecule has 1 fully saturated rings. The van der Waals surface area contributed by atoms with E-state index in [4.69, 9.17) is 0 Å². The SMILES string of the molecule is Cn1ccc(C(=O)NC2CCCN(c3nc4c(F)cccc4s3)C2)n1. The Bertz CT molecular complexity index is 921. The number of hydrogen-bond acceptors (Lipinski definition) is 5. The molecule has 0 bridgehead atoms. The molecule has 1 aromatic carbocycles. The van der Waals surface area contributed by atoms with Gasteiger partial charge in [-0.25, -0.2) is 9.37 Å². The molecule has 1 atom stereocenters. The van der Waals surface area contributed by atoms with E-state index in [1.807, 2.05) is 6.07 Å². The van der Waals surface area contributed by atoms with Crippen LogP contribution in [0.5, 0.6) is 0 Å². The van der Waals surface area contributed by atoms with Crippen molar-refractivity contribution in [1.82, 2.24) is 20.1 Å². The lowest BCUT2D eigenvalue weighted by molar-refractivity contribution is 0.0927. The first kappa shape index (κ1) is 16.0. The fourth-order valence-corrected chi connectivity index (χ4v) is 4.12. The number of rotatable bonds is 3. The van der Waals surface area contributed by atoms with Crippen LogP contribution < -0.4 is 10.2 Å². The average molecular weight is 359 g/mol. The molecule has 1 N–H and O–H groups in total. The maximum Gasteiger partial charge on any atom is 0.272 e. The molecule has 1 amide bonds. The Morgan fingerprint density at radius 2 is 2.28 bits per heavy atom. The van der Waals surface area contributed by atoms with E-state index in [0.717, 1.165) is 29.2 Å². The van der Waals surface area contributed by atoms with Crippen molar-refractivity contribution in [3.05, 3.63) is 42.0 Å². The highest BCUT2D eigenvalue weighted by Gasteiger charge is 2.25. The molecule has 25 heavy (non-hydrogen) atoms. The molecule has 0 radical (unpaired) electrons. The van der Waals surface area contributed by atoms with Crippen LogP contribution in [0.3, 0.4) is 0 Å². The van der Waals surface area contributed by atoms with Crippen LogP contribution in [0.15, 0.2) is 30.5 Å². The van der Waals surface area contributed by atoms with Gasteiger partial charge in [0.15, 0.2) is 5.13 Å². The standard InChI is InChI=1S/C17H18FN5OS/c1-22-9-7-13(21-22)16(24)19-11-4-3-8-23(10-11)17-20-15-12(18)5-2-6-14(15)25-17/h2,5-7,9,11H,3-4,8,10H2,1H3,(H,19,24). The van der Waals surface area contributed by atoms with Crippen LogP contribution in [0, 0.1) is 5.82 Å². The van der Waals surface area contributed by atoms with E-state index in [2.05, 4.69) is 20.3 Å². The van der Waals surface area contributed by atoms with Crippen molar-refractivity contribution in [2.75, 3.05) is 18.0 Å². The maximum atomic E-state index is 13.9. The van der Waals surface area contributed by atoms with E-state index < -0.39 is 0 Å². The van der Waals surface area contributed by atoms with Gasteiger partial charge in [0.25, 0.3) is 5.91 Å². The maximum absolute atomic E-state index is 13.9. The van der Waals surface area contributed by atoms with Gasteiger partial charge in [0.2, 0.25) is 0 Å². The van der Waals surface area contributed by atoms with Crippen LogP contribution in [-0.4, -0.2) is 39.8 Å². The van der Waals surface area contributed by atoms with E-state index in [1.165, 1.54) is 17.4 Å². The Balaban J connectivity index is 1.48. The van der Waals surface area contributed by atoms with Crippen molar-refractivity contribution in [2.45, 2.75) is 18.9 Å². The summed E-state index contributed by atoms with van der Waals surface area (Å²) in [6.45, 7) is 1.53. The lowest BCUT2D eigenvalue weighted by Crippen LogP contribution is -2.47. The summed E-state index contributed by atoms with van der Waals surface area (Å²) in [5.41, 5.74) is 0.837. The number of aryl methyl sites for hydroxylation is 1. The van der Waals surface area contributed by atoms with Crippen LogP contribution in [-0.2, 0) is 7.05 Å². The molecular weight excluding hydrogens is 341 g/mol. The number of halogens is 1. The topological polar surface area (TPSA) is 63.1 Å². The Kier molecular flexibility index (Phi) is 4.12. The van der Waals surface area contributed by atoms with E-state index in [1.54, 1.807) is 30.1 Å². The van der Waals surface area contributed by atoms with E-state index >= 15 is 0 Å². The van der Waals surface area contributed by atoms with Gasteiger partial charge < -0.3 is 10.2 Å². The second-order valence-corrected chi connectivity index (χ2v) is 7.23. The molecule has 0 saturated carbocycles. The van der Waals surface area contributed by atoms with E-state index in [0.29, 0.717) is 17.8 Å². The average Bonchev–Trinajstić information content (AvgIpc) is 3.22. The zero-order chi connectivity index (χ0) is 17.4. The van der Waals surface area contributed by atoms with Crippen molar-refractivity contribution in [1.29, 1.82) is 0 Å².